The molecule has 2 aromatic rings. The van der Waals surface area contributed by atoms with Crippen molar-refractivity contribution in [2.75, 3.05) is 0 Å². The lowest BCUT2D eigenvalue weighted by Gasteiger charge is -2.14. The maximum atomic E-state index is 14.5. The highest BCUT2D eigenvalue weighted by atomic mass is 19.1. The minimum absolute atomic E-state index is 0.236. The minimum atomic E-state index is -0.406. The molecule has 0 spiro atoms. The molecule has 0 bridgehead atoms. The first-order valence-electron chi connectivity index (χ1n) is 7.09. The molecule has 0 heterocycles. The first kappa shape index (κ1) is 15.1. The molecule has 0 aliphatic heterocycles. The number of rotatable bonds is 5. The van der Waals surface area contributed by atoms with Gasteiger partial charge in [-0.15, -0.1) is 0 Å². The molecule has 0 amide bonds. The summed E-state index contributed by atoms with van der Waals surface area (Å²) >= 11 is 0. The predicted octanol–water partition coefficient (Wildman–Crippen LogP) is 5.08. The number of aryl methyl sites for hydroxylation is 1. The summed E-state index contributed by atoms with van der Waals surface area (Å²) in [7, 11) is 0. The Morgan fingerprint density at radius 3 is 2.43 bits per heavy atom. The average Bonchev–Trinajstić information content (AvgIpc) is 2.54. The SMILES string of the molecule is [C-]#[N+]c1c(CC)cc(OCc2ccccc2)c(F)c1CC. The zero-order valence-electron chi connectivity index (χ0n) is 12.3. The van der Waals surface area contributed by atoms with Crippen LogP contribution in [-0.4, -0.2) is 0 Å². The summed E-state index contributed by atoms with van der Waals surface area (Å²) in [6, 6.07) is 11.3. The van der Waals surface area contributed by atoms with Crippen molar-refractivity contribution in [3.05, 3.63) is 70.3 Å². The molecular weight excluding hydrogens is 265 g/mol. The van der Waals surface area contributed by atoms with E-state index < -0.39 is 5.82 Å². The van der Waals surface area contributed by atoms with Crippen molar-refractivity contribution in [1.82, 2.24) is 0 Å². The second-order valence-corrected chi connectivity index (χ2v) is 4.77. The highest BCUT2D eigenvalue weighted by molar-refractivity contribution is 5.62. The van der Waals surface area contributed by atoms with E-state index in [9.17, 15) is 4.39 Å². The summed E-state index contributed by atoms with van der Waals surface area (Å²) in [5.74, 6) is -0.170. The van der Waals surface area contributed by atoms with Crippen LogP contribution in [0.4, 0.5) is 10.1 Å². The molecule has 2 rings (SSSR count). The van der Waals surface area contributed by atoms with Crippen LogP contribution >= 0.6 is 0 Å². The van der Waals surface area contributed by atoms with Gasteiger partial charge in [0.2, 0.25) is 0 Å². The number of benzene rings is 2. The molecule has 0 aliphatic carbocycles. The zero-order chi connectivity index (χ0) is 15.2. The van der Waals surface area contributed by atoms with Gasteiger partial charge in [-0.3, -0.25) is 0 Å². The molecule has 0 saturated carbocycles. The number of hydrogen-bond donors (Lipinski definition) is 0. The second kappa shape index (κ2) is 6.90. The minimum Gasteiger partial charge on any atom is -0.486 e. The van der Waals surface area contributed by atoms with Gasteiger partial charge in [-0.1, -0.05) is 44.2 Å². The van der Waals surface area contributed by atoms with Crippen LogP contribution in [0.3, 0.4) is 0 Å². The molecule has 2 aromatic carbocycles. The van der Waals surface area contributed by atoms with Crippen molar-refractivity contribution in [3.63, 3.8) is 0 Å². The van der Waals surface area contributed by atoms with Crippen LogP contribution < -0.4 is 4.74 Å². The van der Waals surface area contributed by atoms with Gasteiger partial charge in [0.05, 0.1) is 6.57 Å². The lowest BCUT2D eigenvalue weighted by atomic mass is 10.0. The van der Waals surface area contributed by atoms with Crippen LogP contribution in [0.2, 0.25) is 0 Å². The smallest absolute Gasteiger partial charge is 0.196 e. The van der Waals surface area contributed by atoms with E-state index >= 15 is 0 Å². The molecule has 108 valence electrons. The van der Waals surface area contributed by atoms with Crippen molar-refractivity contribution in [2.45, 2.75) is 33.3 Å². The first-order valence-corrected chi connectivity index (χ1v) is 7.09. The lowest BCUT2D eigenvalue weighted by molar-refractivity contribution is 0.289. The summed E-state index contributed by atoms with van der Waals surface area (Å²) in [5, 5.41) is 0. The van der Waals surface area contributed by atoms with E-state index in [1.54, 1.807) is 6.07 Å². The van der Waals surface area contributed by atoms with E-state index in [0.29, 0.717) is 30.7 Å². The third-order valence-electron chi connectivity index (χ3n) is 3.46. The molecule has 0 radical (unpaired) electrons. The molecular formula is C18H18FNO. The van der Waals surface area contributed by atoms with E-state index in [1.807, 2.05) is 44.2 Å². The van der Waals surface area contributed by atoms with Gasteiger partial charge in [0, 0.05) is 0 Å². The molecule has 0 unspecified atom stereocenters. The van der Waals surface area contributed by atoms with Gasteiger partial charge in [-0.2, -0.15) is 0 Å². The first-order chi connectivity index (χ1) is 10.2. The van der Waals surface area contributed by atoms with Gasteiger partial charge >= 0.3 is 0 Å². The summed E-state index contributed by atoms with van der Waals surface area (Å²) < 4.78 is 20.1. The highest BCUT2D eigenvalue weighted by Crippen LogP contribution is 2.34. The van der Waals surface area contributed by atoms with Crippen molar-refractivity contribution in [2.24, 2.45) is 0 Å². The van der Waals surface area contributed by atoms with Crippen molar-refractivity contribution in [3.8, 4) is 5.75 Å². The Hall–Kier alpha value is -2.34. The topological polar surface area (TPSA) is 13.6 Å². The van der Waals surface area contributed by atoms with E-state index in [2.05, 4.69) is 4.85 Å². The van der Waals surface area contributed by atoms with Crippen LogP contribution in [0.15, 0.2) is 36.4 Å². The van der Waals surface area contributed by atoms with Gasteiger partial charge in [-0.05, 0) is 35.6 Å². The number of ether oxygens (including phenoxy) is 1. The third-order valence-corrected chi connectivity index (χ3v) is 3.46. The van der Waals surface area contributed by atoms with Crippen LogP contribution in [0.1, 0.15) is 30.5 Å². The highest BCUT2D eigenvalue weighted by Gasteiger charge is 2.17. The second-order valence-electron chi connectivity index (χ2n) is 4.77. The van der Waals surface area contributed by atoms with Crippen molar-refractivity contribution in [1.29, 1.82) is 0 Å². The van der Waals surface area contributed by atoms with Gasteiger partial charge in [-0.25, -0.2) is 9.24 Å². The van der Waals surface area contributed by atoms with Crippen molar-refractivity contribution >= 4 is 5.69 Å². The summed E-state index contributed by atoms with van der Waals surface area (Å²) in [6.45, 7) is 11.4. The van der Waals surface area contributed by atoms with Gasteiger partial charge in [0.15, 0.2) is 17.3 Å². The number of nitrogens with zero attached hydrogens (tertiary/aromatic N) is 1. The van der Waals surface area contributed by atoms with E-state index in [4.69, 9.17) is 11.3 Å². The predicted molar refractivity (Wildman–Crippen MR) is 82.2 cm³/mol. The van der Waals surface area contributed by atoms with E-state index in [0.717, 1.165) is 11.1 Å². The quantitative estimate of drug-likeness (QED) is 0.698. The maximum Gasteiger partial charge on any atom is 0.196 e. The van der Waals surface area contributed by atoms with Gasteiger partial charge in [0.25, 0.3) is 0 Å². The molecule has 3 heteroatoms. The van der Waals surface area contributed by atoms with Crippen LogP contribution in [0, 0.1) is 12.4 Å². The molecule has 21 heavy (non-hydrogen) atoms. The van der Waals surface area contributed by atoms with Crippen LogP contribution in [-0.2, 0) is 19.4 Å². The zero-order valence-corrected chi connectivity index (χ0v) is 12.3. The lowest BCUT2D eigenvalue weighted by Crippen LogP contribution is -2.02. The maximum absolute atomic E-state index is 14.5. The summed E-state index contributed by atoms with van der Waals surface area (Å²) in [4.78, 5) is 3.49. The van der Waals surface area contributed by atoms with Crippen LogP contribution in [0.5, 0.6) is 5.75 Å². The summed E-state index contributed by atoms with van der Waals surface area (Å²) in [6.07, 6.45) is 1.17. The number of hydrogen-bond acceptors (Lipinski definition) is 1. The fourth-order valence-corrected chi connectivity index (χ4v) is 2.31. The van der Waals surface area contributed by atoms with Gasteiger partial charge in [0.1, 0.15) is 6.61 Å². The molecule has 0 saturated heterocycles. The fourth-order valence-electron chi connectivity index (χ4n) is 2.31. The normalized spacial score (nSPS) is 10.2. The monoisotopic (exact) mass is 283 g/mol. The molecule has 0 aliphatic rings. The standard InChI is InChI=1S/C18H18FNO/c1-4-14-11-16(17(19)15(5-2)18(14)20-3)21-12-13-9-7-6-8-10-13/h6-11H,4-5,12H2,1-2H3. The fraction of sp³-hybridized carbons (Fsp3) is 0.278. The number of halogens is 1. The third kappa shape index (κ3) is 3.22. The van der Waals surface area contributed by atoms with Crippen molar-refractivity contribution < 1.29 is 9.13 Å². The average molecular weight is 283 g/mol. The molecule has 0 fully saturated rings. The largest absolute Gasteiger partial charge is 0.486 e. The molecule has 0 N–H and O–H groups in total. The Kier molecular flexibility index (Phi) is 4.94. The van der Waals surface area contributed by atoms with Gasteiger partial charge < -0.3 is 4.74 Å². The van der Waals surface area contributed by atoms with E-state index in [-0.39, 0.29) is 5.75 Å². The molecule has 0 aromatic heterocycles. The Morgan fingerprint density at radius 1 is 1.14 bits per heavy atom. The Morgan fingerprint density at radius 2 is 1.86 bits per heavy atom. The molecule has 0 atom stereocenters. The van der Waals surface area contributed by atoms with E-state index in [1.165, 1.54) is 0 Å². The Balaban J connectivity index is 2.34. The Labute approximate surface area is 125 Å². The summed E-state index contributed by atoms with van der Waals surface area (Å²) in [5.41, 5.74) is 2.71. The Bertz CT molecular complexity index is 659. The molecule has 2 nitrogen and oxygen atoms in total. The van der Waals surface area contributed by atoms with Crippen LogP contribution in [0.25, 0.3) is 4.85 Å².